The van der Waals surface area contributed by atoms with Gasteiger partial charge in [0.05, 0.1) is 17.7 Å². The summed E-state index contributed by atoms with van der Waals surface area (Å²) >= 11 is 1.76. The van der Waals surface area contributed by atoms with E-state index in [1.807, 2.05) is 21.9 Å². The highest BCUT2D eigenvalue weighted by molar-refractivity contribution is 8.01. The van der Waals surface area contributed by atoms with Crippen molar-refractivity contribution in [1.29, 1.82) is 0 Å². The van der Waals surface area contributed by atoms with Gasteiger partial charge < -0.3 is 14.2 Å². The summed E-state index contributed by atoms with van der Waals surface area (Å²) in [5.74, 6) is 1.95. The van der Waals surface area contributed by atoms with Gasteiger partial charge in [0.25, 0.3) is 0 Å². The van der Waals surface area contributed by atoms with Gasteiger partial charge in [-0.25, -0.2) is 0 Å². The maximum Gasteiger partial charge on any atom is 0.246 e. The number of carbonyl (C=O) groups excluding carboxylic acids is 2. The molecule has 24 heavy (non-hydrogen) atoms. The van der Waals surface area contributed by atoms with E-state index in [4.69, 9.17) is 4.42 Å². The van der Waals surface area contributed by atoms with E-state index in [1.54, 1.807) is 18.0 Å². The minimum absolute atomic E-state index is 0.124. The van der Waals surface area contributed by atoms with Crippen molar-refractivity contribution < 1.29 is 14.0 Å². The van der Waals surface area contributed by atoms with Crippen LogP contribution >= 0.6 is 11.8 Å². The minimum Gasteiger partial charge on any atom is -0.468 e. The Balaban J connectivity index is 1.36. The predicted octanol–water partition coefficient (Wildman–Crippen LogP) is 1.38. The van der Waals surface area contributed by atoms with Crippen LogP contribution in [0.15, 0.2) is 22.8 Å². The summed E-state index contributed by atoms with van der Waals surface area (Å²) in [5.41, 5.74) is 0. The first-order valence-corrected chi connectivity index (χ1v) is 9.55. The number of fused-ring (bicyclic) bond motifs is 1. The molecule has 4 rings (SSSR count). The van der Waals surface area contributed by atoms with Crippen LogP contribution in [-0.4, -0.2) is 69.4 Å². The van der Waals surface area contributed by atoms with Crippen LogP contribution in [0, 0.1) is 0 Å². The molecule has 130 valence electrons. The Labute approximate surface area is 146 Å². The van der Waals surface area contributed by atoms with Crippen LogP contribution < -0.4 is 0 Å². The van der Waals surface area contributed by atoms with Crippen molar-refractivity contribution >= 4 is 23.6 Å². The molecule has 2 unspecified atom stereocenters. The van der Waals surface area contributed by atoms with Gasteiger partial charge in [0.2, 0.25) is 11.8 Å². The number of piperazine rings is 1. The third kappa shape index (κ3) is 2.73. The van der Waals surface area contributed by atoms with E-state index < -0.39 is 0 Å². The zero-order valence-corrected chi connectivity index (χ0v) is 14.8. The van der Waals surface area contributed by atoms with Crippen LogP contribution in [0.3, 0.4) is 0 Å². The Bertz CT molecular complexity index is 627. The van der Waals surface area contributed by atoms with E-state index in [2.05, 4.69) is 11.8 Å². The van der Waals surface area contributed by atoms with Gasteiger partial charge in [-0.05, 0) is 25.5 Å². The molecule has 3 fully saturated rings. The fourth-order valence-electron chi connectivity index (χ4n) is 3.96. The second kappa shape index (κ2) is 6.11. The molecule has 0 N–H and O–H groups in total. The van der Waals surface area contributed by atoms with Crippen molar-refractivity contribution in [2.45, 2.75) is 37.2 Å². The zero-order chi connectivity index (χ0) is 16.7. The molecule has 7 heteroatoms. The molecule has 3 aliphatic heterocycles. The molecule has 0 aliphatic carbocycles. The summed E-state index contributed by atoms with van der Waals surface area (Å²) in [7, 11) is 0. The summed E-state index contributed by atoms with van der Waals surface area (Å²) in [4.78, 5) is 31.1. The first-order chi connectivity index (χ1) is 11.6. The highest BCUT2D eigenvalue weighted by atomic mass is 32.2. The van der Waals surface area contributed by atoms with Crippen molar-refractivity contribution in [2.24, 2.45) is 0 Å². The Morgan fingerprint density at radius 2 is 2.17 bits per heavy atom. The van der Waals surface area contributed by atoms with E-state index >= 15 is 0 Å². The first kappa shape index (κ1) is 16.0. The fourth-order valence-corrected chi connectivity index (χ4v) is 5.39. The predicted molar refractivity (Wildman–Crippen MR) is 91.3 cm³/mol. The van der Waals surface area contributed by atoms with E-state index in [0.29, 0.717) is 6.42 Å². The standard InChI is InChI=1S/C17H23N3O3S/c1-17-5-4-15(21)20(17)14(12-24-17)16(22)19-8-6-18(7-9-19)11-13-3-2-10-23-13/h2-3,10,14H,4-9,11-12H2,1H3. The number of rotatable bonds is 3. The number of hydrogen-bond acceptors (Lipinski definition) is 5. The van der Waals surface area contributed by atoms with E-state index in [0.717, 1.165) is 50.7 Å². The molecule has 0 bridgehead atoms. The number of thioether (sulfide) groups is 1. The normalized spacial score (nSPS) is 30.9. The summed E-state index contributed by atoms with van der Waals surface area (Å²) in [6.45, 7) is 6.02. The van der Waals surface area contributed by atoms with Crippen LogP contribution in [0.2, 0.25) is 0 Å². The van der Waals surface area contributed by atoms with Crippen LogP contribution in [-0.2, 0) is 16.1 Å². The summed E-state index contributed by atoms with van der Waals surface area (Å²) in [6, 6.07) is 3.61. The molecule has 4 heterocycles. The molecular weight excluding hydrogens is 326 g/mol. The van der Waals surface area contributed by atoms with Gasteiger partial charge in [-0.3, -0.25) is 14.5 Å². The molecule has 0 radical (unpaired) electrons. The lowest BCUT2D eigenvalue weighted by Gasteiger charge is -2.37. The number of carbonyl (C=O) groups is 2. The number of furan rings is 1. The maximum absolute atomic E-state index is 12.9. The largest absolute Gasteiger partial charge is 0.468 e. The van der Waals surface area contributed by atoms with Crippen molar-refractivity contribution in [1.82, 2.24) is 14.7 Å². The maximum atomic E-state index is 12.9. The van der Waals surface area contributed by atoms with Gasteiger partial charge in [-0.1, -0.05) is 0 Å². The van der Waals surface area contributed by atoms with Gasteiger partial charge in [0.15, 0.2) is 0 Å². The third-order valence-electron chi connectivity index (χ3n) is 5.37. The third-order valence-corrected chi connectivity index (χ3v) is 6.88. The smallest absolute Gasteiger partial charge is 0.246 e. The molecule has 3 saturated heterocycles. The van der Waals surface area contributed by atoms with Gasteiger partial charge in [0.1, 0.15) is 11.8 Å². The molecule has 3 aliphatic rings. The van der Waals surface area contributed by atoms with Crippen molar-refractivity contribution in [3.05, 3.63) is 24.2 Å². The minimum atomic E-state index is -0.272. The molecule has 0 spiro atoms. The average Bonchev–Trinajstić information content (AvgIpc) is 3.26. The Morgan fingerprint density at radius 1 is 1.38 bits per heavy atom. The molecule has 2 amide bonds. The van der Waals surface area contributed by atoms with Crippen molar-refractivity contribution in [2.75, 3.05) is 31.9 Å². The number of amides is 2. The summed E-state index contributed by atoms with van der Waals surface area (Å²) in [6.07, 6.45) is 3.12. The van der Waals surface area contributed by atoms with Crippen molar-refractivity contribution in [3.63, 3.8) is 0 Å². The number of hydrogen-bond donors (Lipinski definition) is 0. The van der Waals surface area contributed by atoms with Crippen LogP contribution in [0.4, 0.5) is 0 Å². The van der Waals surface area contributed by atoms with Gasteiger partial charge in [-0.15, -0.1) is 11.8 Å². The zero-order valence-electron chi connectivity index (χ0n) is 13.9. The van der Waals surface area contributed by atoms with E-state index in [9.17, 15) is 9.59 Å². The van der Waals surface area contributed by atoms with Crippen LogP contribution in [0.5, 0.6) is 0 Å². The lowest BCUT2D eigenvalue weighted by molar-refractivity contribution is -0.145. The Morgan fingerprint density at radius 3 is 2.88 bits per heavy atom. The molecule has 1 aromatic heterocycles. The van der Waals surface area contributed by atoms with Crippen LogP contribution in [0.25, 0.3) is 0 Å². The number of nitrogens with zero attached hydrogens (tertiary/aromatic N) is 3. The van der Waals surface area contributed by atoms with Crippen molar-refractivity contribution in [3.8, 4) is 0 Å². The molecule has 0 aromatic carbocycles. The van der Waals surface area contributed by atoms with Gasteiger partial charge in [0, 0.05) is 38.4 Å². The summed E-state index contributed by atoms with van der Waals surface area (Å²) in [5, 5.41) is 0. The average molecular weight is 349 g/mol. The molecule has 6 nitrogen and oxygen atoms in total. The van der Waals surface area contributed by atoms with Crippen LogP contribution in [0.1, 0.15) is 25.5 Å². The highest BCUT2D eigenvalue weighted by Crippen LogP contribution is 2.47. The topological polar surface area (TPSA) is 57.0 Å². The first-order valence-electron chi connectivity index (χ1n) is 8.56. The Hall–Kier alpha value is -1.47. The highest BCUT2D eigenvalue weighted by Gasteiger charge is 2.53. The SMILES string of the molecule is CC12CCC(=O)N1C(C(=O)N1CCN(Cc3ccco3)CC1)CS2. The summed E-state index contributed by atoms with van der Waals surface area (Å²) < 4.78 is 5.39. The second-order valence-corrected chi connectivity index (χ2v) is 8.45. The Kier molecular flexibility index (Phi) is 4.08. The van der Waals surface area contributed by atoms with E-state index in [1.165, 1.54) is 0 Å². The lowest BCUT2D eigenvalue weighted by atomic mass is 10.2. The molecule has 1 aromatic rings. The van der Waals surface area contributed by atoms with Gasteiger partial charge >= 0.3 is 0 Å². The van der Waals surface area contributed by atoms with Gasteiger partial charge in [-0.2, -0.15) is 0 Å². The fraction of sp³-hybridized carbons (Fsp3) is 0.647. The second-order valence-electron chi connectivity index (χ2n) is 6.95. The van der Waals surface area contributed by atoms with E-state index in [-0.39, 0.29) is 22.7 Å². The molecular formula is C17H23N3O3S. The lowest BCUT2D eigenvalue weighted by Crippen LogP contribution is -2.56. The monoisotopic (exact) mass is 349 g/mol. The molecule has 0 saturated carbocycles. The molecule has 2 atom stereocenters. The quantitative estimate of drug-likeness (QED) is 0.825.